The molecular formula is C24H32N2O6. The van der Waals surface area contributed by atoms with Crippen LogP contribution in [0.4, 0.5) is 0 Å². The number of fused-ring (bicyclic) bond motifs is 1. The molecule has 1 aromatic rings. The van der Waals surface area contributed by atoms with E-state index in [2.05, 4.69) is 39.6 Å². The predicted molar refractivity (Wildman–Crippen MR) is 119 cm³/mol. The van der Waals surface area contributed by atoms with Crippen molar-refractivity contribution in [2.45, 2.75) is 63.8 Å². The summed E-state index contributed by atoms with van der Waals surface area (Å²) in [6.45, 7) is 11.8. The molecule has 2 heterocycles. The van der Waals surface area contributed by atoms with Crippen LogP contribution in [0.15, 0.2) is 30.9 Å². The van der Waals surface area contributed by atoms with Crippen LogP contribution >= 0.6 is 0 Å². The molecule has 1 aromatic carbocycles. The van der Waals surface area contributed by atoms with Gasteiger partial charge in [0.05, 0.1) is 29.9 Å². The van der Waals surface area contributed by atoms with Crippen molar-refractivity contribution in [3.8, 4) is 0 Å². The first kappa shape index (κ1) is 24.1. The number of esters is 1. The van der Waals surface area contributed by atoms with Gasteiger partial charge in [0.25, 0.3) is 11.8 Å². The van der Waals surface area contributed by atoms with Gasteiger partial charge < -0.3 is 19.9 Å². The molecule has 3 rings (SSSR count). The summed E-state index contributed by atoms with van der Waals surface area (Å²) < 4.78 is 10.2. The number of aliphatic hydroxyl groups excluding tert-OH is 1. The van der Waals surface area contributed by atoms with Gasteiger partial charge in [0.15, 0.2) is 0 Å². The molecule has 0 aromatic heterocycles. The fourth-order valence-electron chi connectivity index (χ4n) is 4.76. The van der Waals surface area contributed by atoms with E-state index in [4.69, 9.17) is 9.47 Å². The molecule has 2 aliphatic rings. The first-order valence-corrected chi connectivity index (χ1v) is 10.8. The number of nitrogens with zero attached hydrogens (tertiary/aromatic N) is 1. The van der Waals surface area contributed by atoms with Gasteiger partial charge in [-0.15, -0.1) is 6.58 Å². The van der Waals surface area contributed by atoms with Crippen molar-refractivity contribution in [2.24, 2.45) is 0 Å². The Bertz CT molecular complexity index is 907. The molecule has 32 heavy (non-hydrogen) atoms. The lowest BCUT2D eigenvalue weighted by Gasteiger charge is -2.48. The van der Waals surface area contributed by atoms with Crippen LogP contribution in [0.2, 0.25) is 0 Å². The van der Waals surface area contributed by atoms with E-state index in [-0.39, 0.29) is 54.0 Å². The van der Waals surface area contributed by atoms with E-state index in [1.54, 1.807) is 6.08 Å². The molecule has 1 atom stereocenters. The Morgan fingerprint density at radius 3 is 2.44 bits per heavy atom. The van der Waals surface area contributed by atoms with E-state index in [9.17, 15) is 19.5 Å². The zero-order valence-electron chi connectivity index (χ0n) is 19.1. The van der Waals surface area contributed by atoms with Crippen LogP contribution in [0.1, 0.15) is 71.6 Å². The van der Waals surface area contributed by atoms with E-state index in [0.717, 1.165) is 0 Å². The SMILES string of the molecule is C=CCOCC(O)COC(=O)c1ccc2c(c1)C(=O)N(C1CC(C)(C)NC(C)(C)C1)C2=O. The van der Waals surface area contributed by atoms with E-state index in [0.29, 0.717) is 18.4 Å². The summed E-state index contributed by atoms with van der Waals surface area (Å²) in [5.41, 5.74) is 0.184. The van der Waals surface area contributed by atoms with E-state index in [1.165, 1.54) is 23.1 Å². The van der Waals surface area contributed by atoms with Crippen molar-refractivity contribution in [2.75, 3.05) is 19.8 Å². The summed E-state index contributed by atoms with van der Waals surface area (Å²) in [5, 5.41) is 13.4. The molecule has 0 spiro atoms. The smallest absolute Gasteiger partial charge is 0.338 e. The van der Waals surface area contributed by atoms with Crippen molar-refractivity contribution in [1.29, 1.82) is 0 Å². The Morgan fingerprint density at radius 2 is 1.81 bits per heavy atom. The molecule has 8 nitrogen and oxygen atoms in total. The molecule has 2 amide bonds. The Balaban J connectivity index is 1.72. The number of carbonyl (C=O) groups excluding carboxylic acids is 3. The molecule has 1 saturated heterocycles. The average Bonchev–Trinajstić information content (AvgIpc) is 2.94. The monoisotopic (exact) mass is 444 g/mol. The summed E-state index contributed by atoms with van der Waals surface area (Å²) in [7, 11) is 0. The number of benzene rings is 1. The molecule has 174 valence electrons. The largest absolute Gasteiger partial charge is 0.459 e. The number of hydrogen-bond acceptors (Lipinski definition) is 7. The van der Waals surface area contributed by atoms with E-state index < -0.39 is 18.0 Å². The molecule has 0 aliphatic carbocycles. The fourth-order valence-corrected chi connectivity index (χ4v) is 4.76. The van der Waals surface area contributed by atoms with Crippen LogP contribution in [0.5, 0.6) is 0 Å². The highest BCUT2D eigenvalue weighted by Gasteiger charge is 2.47. The quantitative estimate of drug-likeness (QED) is 0.274. The third-order valence-corrected chi connectivity index (χ3v) is 5.64. The van der Waals surface area contributed by atoms with Crippen LogP contribution in [-0.4, -0.2) is 70.8 Å². The van der Waals surface area contributed by atoms with Gasteiger partial charge in [-0.05, 0) is 58.7 Å². The van der Waals surface area contributed by atoms with Gasteiger partial charge in [-0.3, -0.25) is 14.5 Å². The number of piperidine rings is 1. The minimum Gasteiger partial charge on any atom is -0.459 e. The number of carbonyl (C=O) groups is 3. The number of ether oxygens (including phenoxy) is 2. The fraction of sp³-hybridized carbons (Fsp3) is 0.542. The zero-order chi connectivity index (χ0) is 23.7. The van der Waals surface area contributed by atoms with Gasteiger partial charge in [0.1, 0.15) is 12.7 Å². The highest BCUT2D eigenvalue weighted by Crippen LogP contribution is 2.36. The second kappa shape index (κ2) is 9.13. The van der Waals surface area contributed by atoms with Crippen molar-refractivity contribution < 1.29 is 29.0 Å². The molecule has 0 saturated carbocycles. The van der Waals surface area contributed by atoms with Crippen LogP contribution < -0.4 is 5.32 Å². The number of rotatable bonds is 8. The van der Waals surface area contributed by atoms with Gasteiger partial charge in [0, 0.05) is 17.1 Å². The van der Waals surface area contributed by atoms with Crippen molar-refractivity contribution >= 4 is 17.8 Å². The molecule has 8 heteroatoms. The molecule has 2 aliphatic heterocycles. The maximum absolute atomic E-state index is 13.2. The van der Waals surface area contributed by atoms with E-state index >= 15 is 0 Å². The lowest BCUT2D eigenvalue weighted by molar-refractivity contribution is -0.00560. The average molecular weight is 445 g/mol. The molecule has 0 radical (unpaired) electrons. The van der Waals surface area contributed by atoms with E-state index in [1.807, 2.05) is 0 Å². The van der Waals surface area contributed by atoms with Crippen LogP contribution in [0, 0.1) is 0 Å². The van der Waals surface area contributed by atoms with Crippen molar-refractivity contribution in [3.63, 3.8) is 0 Å². The third-order valence-electron chi connectivity index (χ3n) is 5.64. The summed E-state index contributed by atoms with van der Waals surface area (Å²) in [5.74, 6) is -1.41. The normalized spacial score (nSPS) is 20.7. The standard InChI is InChI=1S/C24H32N2O6/c1-6-9-31-13-17(27)14-32-22(30)15-7-8-18-19(10-15)21(29)26(20(18)28)16-11-23(2,3)25-24(4,5)12-16/h6-8,10,16-17,25,27H,1,9,11-14H2,2-5H3. The van der Waals surface area contributed by atoms with Gasteiger partial charge in [-0.25, -0.2) is 4.79 Å². The first-order valence-electron chi connectivity index (χ1n) is 10.8. The Morgan fingerprint density at radius 1 is 1.19 bits per heavy atom. The maximum atomic E-state index is 13.2. The molecular weight excluding hydrogens is 412 g/mol. The zero-order valence-corrected chi connectivity index (χ0v) is 19.1. The summed E-state index contributed by atoms with van der Waals surface area (Å²) in [4.78, 5) is 40.0. The van der Waals surface area contributed by atoms with Gasteiger partial charge in [-0.1, -0.05) is 6.08 Å². The van der Waals surface area contributed by atoms with Crippen LogP contribution in [0.25, 0.3) is 0 Å². The second-order valence-corrected chi connectivity index (χ2v) is 9.77. The summed E-state index contributed by atoms with van der Waals surface area (Å²) in [6, 6.07) is 4.12. The number of hydrogen-bond donors (Lipinski definition) is 2. The predicted octanol–water partition coefficient (Wildman–Crippen LogP) is 2.31. The number of nitrogens with one attached hydrogen (secondary N) is 1. The van der Waals surface area contributed by atoms with Crippen LogP contribution in [-0.2, 0) is 9.47 Å². The van der Waals surface area contributed by atoms with Gasteiger partial charge in [0.2, 0.25) is 0 Å². The summed E-state index contributed by atoms with van der Waals surface area (Å²) >= 11 is 0. The Hall–Kier alpha value is -2.55. The minimum atomic E-state index is -0.973. The third kappa shape index (κ3) is 5.26. The lowest BCUT2D eigenvalue weighted by Crippen LogP contribution is -2.62. The maximum Gasteiger partial charge on any atom is 0.338 e. The van der Waals surface area contributed by atoms with Crippen molar-refractivity contribution in [1.82, 2.24) is 10.2 Å². The number of aliphatic hydroxyl groups is 1. The molecule has 1 fully saturated rings. The Kier molecular flexibility index (Phi) is 6.88. The molecule has 0 bridgehead atoms. The topological polar surface area (TPSA) is 105 Å². The van der Waals surface area contributed by atoms with Gasteiger partial charge in [-0.2, -0.15) is 0 Å². The number of amides is 2. The highest BCUT2D eigenvalue weighted by atomic mass is 16.5. The highest BCUT2D eigenvalue weighted by molar-refractivity contribution is 6.22. The van der Waals surface area contributed by atoms with Crippen LogP contribution in [0.3, 0.4) is 0 Å². The Labute approximate surface area is 188 Å². The molecule has 2 N–H and O–H groups in total. The lowest BCUT2D eigenvalue weighted by atomic mass is 9.79. The van der Waals surface area contributed by atoms with Gasteiger partial charge >= 0.3 is 5.97 Å². The first-order chi connectivity index (χ1) is 14.9. The minimum absolute atomic E-state index is 0.00831. The molecule has 1 unspecified atom stereocenters. The summed E-state index contributed by atoms with van der Waals surface area (Å²) in [6.07, 6.45) is 1.86. The van der Waals surface area contributed by atoms with Crippen molar-refractivity contribution in [3.05, 3.63) is 47.5 Å². The number of imide groups is 1. The second-order valence-electron chi connectivity index (χ2n) is 9.77.